The van der Waals surface area contributed by atoms with Crippen LogP contribution in [-0.2, 0) is 17.9 Å². The van der Waals surface area contributed by atoms with Crippen LogP contribution in [0.15, 0.2) is 55.4 Å². The first-order valence-electron chi connectivity index (χ1n) is 12.7. The van der Waals surface area contributed by atoms with Crippen LogP contribution in [0.25, 0.3) is 0 Å². The van der Waals surface area contributed by atoms with E-state index in [9.17, 15) is 14.0 Å². The smallest absolute Gasteiger partial charge is 0.259 e. The van der Waals surface area contributed by atoms with Gasteiger partial charge in [0.05, 0.1) is 5.56 Å². The number of halogens is 1. The lowest BCUT2D eigenvalue weighted by Crippen LogP contribution is -2.40. The van der Waals surface area contributed by atoms with Gasteiger partial charge in [-0.05, 0) is 67.7 Å². The number of pyridine rings is 1. The largest absolute Gasteiger partial charge is 0.337 e. The van der Waals surface area contributed by atoms with Crippen molar-refractivity contribution in [3.8, 4) is 0 Å². The Kier molecular flexibility index (Phi) is 8.95. The third-order valence-corrected chi connectivity index (χ3v) is 6.35. The average molecular weight is 508 g/mol. The number of aromatic nitrogens is 4. The lowest BCUT2D eigenvalue weighted by Gasteiger charge is -2.32. The molecule has 0 unspecified atom stereocenters. The van der Waals surface area contributed by atoms with Gasteiger partial charge >= 0.3 is 0 Å². The number of nitrogens with zero attached hydrogens (tertiary/aromatic N) is 7. The number of hydrogen-bond acceptors (Lipinski definition) is 6. The zero-order chi connectivity index (χ0) is 26.2. The highest BCUT2D eigenvalue weighted by Crippen LogP contribution is 2.26. The maximum atomic E-state index is 14.5. The van der Waals surface area contributed by atoms with Crippen LogP contribution in [0, 0.1) is 11.7 Å². The summed E-state index contributed by atoms with van der Waals surface area (Å²) in [6, 6.07) is 7.88. The molecule has 196 valence electrons. The van der Waals surface area contributed by atoms with Crippen molar-refractivity contribution in [3.63, 3.8) is 0 Å². The number of amides is 2. The Bertz CT molecular complexity index is 1170. The molecular weight excluding hydrogens is 473 g/mol. The van der Waals surface area contributed by atoms with E-state index in [4.69, 9.17) is 0 Å². The summed E-state index contributed by atoms with van der Waals surface area (Å²) in [5.41, 5.74) is 1.65. The van der Waals surface area contributed by atoms with Crippen LogP contribution in [0.5, 0.6) is 0 Å². The number of rotatable bonds is 5. The van der Waals surface area contributed by atoms with Crippen molar-refractivity contribution >= 4 is 17.5 Å². The van der Waals surface area contributed by atoms with Crippen molar-refractivity contribution in [2.24, 2.45) is 5.92 Å². The Morgan fingerprint density at radius 1 is 1.05 bits per heavy atom. The zero-order valence-electron chi connectivity index (χ0n) is 21.5. The minimum absolute atomic E-state index is 0.0404. The number of benzene rings is 1. The van der Waals surface area contributed by atoms with Gasteiger partial charge in [-0.15, -0.1) is 0 Å². The fourth-order valence-electron chi connectivity index (χ4n) is 4.72. The second-order valence-corrected chi connectivity index (χ2v) is 9.78. The maximum Gasteiger partial charge on any atom is 0.259 e. The van der Waals surface area contributed by atoms with Gasteiger partial charge in [-0.3, -0.25) is 14.6 Å². The van der Waals surface area contributed by atoms with Crippen molar-refractivity contribution in [3.05, 3.63) is 72.3 Å². The van der Waals surface area contributed by atoms with Crippen molar-refractivity contribution in [1.82, 2.24) is 29.5 Å². The summed E-state index contributed by atoms with van der Waals surface area (Å²) >= 11 is 0. The molecule has 37 heavy (non-hydrogen) atoms. The monoisotopic (exact) mass is 507 g/mol. The lowest BCUT2D eigenvalue weighted by molar-refractivity contribution is -0.132. The summed E-state index contributed by atoms with van der Waals surface area (Å²) in [7, 11) is 0. The number of hydrogen-bond donors (Lipinski definition) is 0. The lowest BCUT2D eigenvalue weighted by atomic mass is 10.1. The normalized spacial score (nSPS) is 15.7. The van der Waals surface area contributed by atoms with Crippen molar-refractivity contribution < 1.29 is 14.0 Å². The molecule has 1 aliphatic rings. The summed E-state index contributed by atoms with van der Waals surface area (Å²) in [4.78, 5) is 40.8. The van der Waals surface area contributed by atoms with Gasteiger partial charge < -0.3 is 14.7 Å². The molecule has 0 saturated heterocycles. The molecule has 0 aliphatic carbocycles. The predicted molar refractivity (Wildman–Crippen MR) is 138 cm³/mol. The quantitative estimate of drug-likeness (QED) is 0.527. The molecule has 3 aromatic rings. The maximum absolute atomic E-state index is 14.5. The Morgan fingerprint density at radius 2 is 1.86 bits per heavy atom. The van der Waals surface area contributed by atoms with Crippen LogP contribution in [-0.4, -0.2) is 74.1 Å². The molecule has 0 N–H and O–H groups in total. The van der Waals surface area contributed by atoms with E-state index in [-0.39, 0.29) is 24.9 Å². The van der Waals surface area contributed by atoms with Crippen molar-refractivity contribution in [2.45, 2.75) is 39.8 Å². The molecule has 0 spiro atoms. The number of carbonyl (C=O) groups excluding carboxylic acids is 2. The van der Waals surface area contributed by atoms with E-state index in [1.807, 2.05) is 0 Å². The fourth-order valence-corrected chi connectivity index (χ4v) is 4.72. The van der Waals surface area contributed by atoms with Crippen molar-refractivity contribution in [2.75, 3.05) is 37.6 Å². The molecule has 0 bridgehead atoms. The van der Waals surface area contributed by atoms with Gasteiger partial charge in [0.15, 0.2) is 0 Å². The highest BCUT2D eigenvalue weighted by Gasteiger charge is 2.25. The highest BCUT2D eigenvalue weighted by atomic mass is 19.1. The predicted octanol–water partition coefficient (Wildman–Crippen LogP) is 3.24. The Hall–Kier alpha value is -3.66. The molecular formula is C27H34FN7O2. The number of anilines is 1. The topological polar surface area (TPSA) is 87.5 Å². The average Bonchev–Trinajstić information content (AvgIpc) is 3.38. The summed E-state index contributed by atoms with van der Waals surface area (Å²) in [6.07, 6.45) is 7.61. The minimum Gasteiger partial charge on any atom is -0.337 e. The molecule has 4 rings (SSSR count). The summed E-state index contributed by atoms with van der Waals surface area (Å²) in [5, 5.41) is 4.06. The minimum atomic E-state index is -0.411. The van der Waals surface area contributed by atoms with E-state index in [0.717, 1.165) is 32.5 Å². The standard InChI is InChI=1S/C27H34FN7O2/c1-21(2)16-32-10-4-12-33(26(36)18-34-20-30-19-31-34)17-23-14-24(28)7-8-25(23)35(13-5-11-32)27(37)22-6-3-9-29-15-22/h3,6-9,14-15,19-21H,4-5,10-13,16-18H2,1-2H3. The van der Waals surface area contributed by atoms with Gasteiger partial charge in [0.2, 0.25) is 5.91 Å². The fraction of sp³-hybridized carbons (Fsp3) is 0.444. The van der Waals surface area contributed by atoms with E-state index in [0.29, 0.717) is 35.8 Å². The summed E-state index contributed by atoms with van der Waals surface area (Å²) < 4.78 is 15.9. The van der Waals surface area contributed by atoms with Gasteiger partial charge in [0.25, 0.3) is 5.91 Å². The van der Waals surface area contributed by atoms with E-state index < -0.39 is 5.82 Å². The van der Waals surface area contributed by atoms with Crippen LogP contribution in [0.2, 0.25) is 0 Å². The molecule has 1 aromatic carbocycles. The first-order chi connectivity index (χ1) is 17.9. The molecule has 1 aliphatic heterocycles. The van der Waals surface area contributed by atoms with Crippen LogP contribution in [0.3, 0.4) is 0 Å². The number of carbonyl (C=O) groups is 2. The zero-order valence-corrected chi connectivity index (χ0v) is 21.5. The molecule has 0 radical (unpaired) electrons. The third kappa shape index (κ3) is 7.19. The van der Waals surface area contributed by atoms with E-state index in [1.54, 1.807) is 40.4 Å². The van der Waals surface area contributed by atoms with Gasteiger partial charge in [-0.25, -0.2) is 14.1 Å². The van der Waals surface area contributed by atoms with Crippen molar-refractivity contribution in [1.29, 1.82) is 0 Å². The van der Waals surface area contributed by atoms with Gasteiger partial charge in [0.1, 0.15) is 25.0 Å². The summed E-state index contributed by atoms with van der Waals surface area (Å²) in [6.45, 7) is 8.16. The Balaban J connectivity index is 1.69. The number of fused-ring (bicyclic) bond motifs is 1. The molecule has 3 heterocycles. The molecule has 2 aromatic heterocycles. The molecule has 2 amide bonds. The molecule has 10 heteroatoms. The second kappa shape index (κ2) is 12.5. The van der Waals surface area contributed by atoms with Crippen LogP contribution >= 0.6 is 0 Å². The molecule has 9 nitrogen and oxygen atoms in total. The van der Waals surface area contributed by atoms with Gasteiger partial charge in [-0.1, -0.05) is 13.8 Å². The SMILES string of the molecule is CC(C)CN1CCCN(C(=O)Cn2cncn2)Cc2cc(F)ccc2N(C(=O)c2cccnc2)CCC1. The Morgan fingerprint density at radius 3 is 2.57 bits per heavy atom. The molecule has 0 atom stereocenters. The molecule has 0 fully saturated rings. The van der Waals surface area contributed by atoms with Crippen LogP contribution in [0.4, 0.5) is 10.1 Å². The first kappa shape index (κ1) is 26.4. The second-order valence-electron chi connectivity index (χ2n) is 9.78. The van der Waals surface area contributed by atoms with Gasteiger partial charge in [-0.2, -0.15) is 5.10 Å². The first-order valence-corrected chi connectivity index (χ1v) is 12.7. The van der Waals surface area contributed by atoms with Crippen LogP contribution < -0.4 is 4.90 Å². The van der Waals surface area contributed by atoms with E-state index in [2.05, 4.69) is 33.8 Å². The van der Waals surface area contributed by atoms with Gasteiger partial charge in [0, 0.05) is 44.3 Å². The summed E-state index contributed by atoms with van der Waals surface area (Å²) in [5.74, 6) is -0.256. The molecule has 0 saturated carbocycles. The van der Waals surface area contributed by atoms with Crippen LogP contribution in [0.1, 0.15) is 42.6 Å². The van der Waals surface area contributed by atoms with E-state index in [1.165, 1.54) is 29.5 Å². The highest BCUT2D eigenvalue weighted by molar-refractivity contribution is 6.06. The third-order valence-electron chi connectivity index (χ3n) is 6.35. The van der Waals surface area contributed by atoms with E-state index >= 15 is 0 Å². The Labute approximate surface area is 216 Å².